The summed E-state index contributed by atoms with van der Waals surface area (Å²) in [5, 5.41) is 23.5. The first-order valence-electron chi connectivity index (χ1n) is 9.47. The van der Waals surface area contributed by atoms with Gasteiger partial charge in [0.15, 0.2) is 5.75 Å². The average molecular weight is 388 g/mol. The molecule has 0 saturated carbocycles. The molecule has 0 spiro atoms. The summed E-state index contributed by atoms with van der Waals surface area (Å²) in [6.45, 7) is 2.10. The number of aliphatic hydroxyl groups is 2. The molecule has 3 rings (SSSR count). The topological polar surface area (TPSA) is 93.1 Å². The van der Waals surface area contributed by atoms with Crippen LogP contribution in [0.15, 0.2) is 42.5 Å². The van der Waals surface area contributed by atoms with Gasteiger partial charge in [0.25, 0.3) is 5.88 Å². The third-order valence-electron chi connectivity index (χ3n) is 4.70. The van der Waals surface area contributed by atoms with Gasteiger partial charge in [-0.15, -0.1) is 0 Å². The molecule has 1 fully saturated rings. The van der Waals surface area contributed by atoms with Gasteiger partial charge in [0, 0.05) is 32.5 Å². The number of hydrogen-bond donors (Lipinski definition) is 3. The van der Waals surface area contributed by atoms with Gasteiger partial charge in [-0.2, -0.15) is 0 Å². The average Bonchev–Trinajstić information content (AvgIpc) is 3.13. The molecule has 0 amide bonds. The Morgan fingerprint density at radius 1 is 1.25 bits per heavy atom. The molecule has 3 N–H and O–H groups in total. The van der Waals surface area contributed by atoms with E-state index in [4.69, 9.17) is 14.2 Å². The first kappa shape index (κ1) is 20.5. The minimum Gasteiger partial charge on any atom is -0.483 e. The number of aliphatic hydroxyl groups excluding tert-OH is 1. The minimum atomic E-state index is -0.916. The standard InChI is InChI=1S/C21H28N2O5/c1-26-20-19(28-14-16-5-3-2-4-6-16)8-7-17(23-20)12-22-13-18(24)11-21(25)9-10-27-15-21/h2-8,18,22,24-25H,9-15H2,1H3. The number of nitrogens with one attached hydrogen (secondary N) is 1. The van der Waals surface area contributed by atoms with E-state index in [9.17, 15) is 10.2 Å². The van der Waals surface area contributed by atoms with Crippen molar-refractivity contribution < 1.29 is 24.4 Å². The molecule has 0 radical (unpaired) electrons. The molecular weight excluding hydrogens is 360 g/mol. The quantitative estimate of drug-likeness (QED) is 0.570. The molecule has 1 aliphatic rings. The Morgan fingerprint density at radius 2 is 2.07 bits per heavy atom. The normalized spacial score (nSPS) is 20.1. The van der Waals surface area contributed by atoms with Crippen LogP contribution in [0.25, 0.3) is 0 Å². The van der Waals surface area contributed by atoms with E-state index in [-0.39, 0.29) is 6.61 Å². The monoisotopic (exact) mass is 388 g/mol. The summed E-state index contributed by atoms with van der Waals surface area (Å²) in [7, 11) is 1.56. The van der Waals surface area contributed by atoms with E-state index < -0.39 is 11.7 Å². The summed E-state index contributed by atoms with van der Waals surface area (Å²) in [5.74, 6) is 1.01. The number of nitrogens with zero attached hydrogens (tertiary/aromatic N) is 1. The van der Waals surface area contributed by atoms with Gasteiger partial charge in [0.1, 0.15) is 6.61 Å². The molecule has 152 valence electrons. The van der Waals surface area contributed by atoms with Crippen LogP contribution in [-0.2, 0) is 17.9 Å². The highest BCUT2D eigenvalue weighted by molar-refractivity contribution is 5.35. The van der Waals surface area contributed by atoms with Gasteiger partial charge in [-0.05, 0) is 17.7 Å². The van der Waals surface area contributed by atoms with E-state index in [1.165, 1.54) is 0 Å². The molecule has 2 atom stereocenters. The lowest BCUT2D eigenvalue weighted by atomic mass is 9.95. The fourth-order valence-electron chi connectivity index (χ4n) is 3.19. The van der Waals surface area contributed by atoms with E-state index >= 15 is 0 Å². The zero-order valence-corrected chi connectivity index (χ0v) is 16.1. The van der Waals surface area contributed by atoms with Gasteiger partial charge < -0.3 is 29.7 Å². The van der Waals surface area contributed by atoms with Gasteiger partial charge in [-0.25, -0.2) is 4.98 Å². The lowest BCUT2D eigenvalue weighted by Crippen LogP contribution is -2.38. The third kappa shape index (κ3) is 5.90. The predicted molar refractivity (Wildman–Crippen MR) is 104 cm³/mol. The summed E-state index contributed by atoms with van der Waals surface area (Å²) in [6.07, 6.45) is 0.207. The highest BCUT2D eigenvalue weighted by Gasteiger charge is 2.34. The minimum absolute atomic E-state index is 0.285. The smallest absolute Gasteiger partial charge is 0.257 e. The molecule has 7 heteroatoms. The van der Waals surface area contributed by atoms with Crippen LogP contribution in [-0.4, -0.2) is 53.8 Å². The molecule has 2 unspecified atom stereocenters. The van der Waals surface area contributed by atoms with Crippen LogP contribution in [0.5, 0.6) is 11.6 Å². The Kier molecular flexibility index (Phi) is 7.22. The lowest BCUT2D eigenvalue weighted by molar-refractivity contribution is -0.0164. The zero-order valence-electron chi connectivity index (χ0n) is 16.1. The number of pyridine rings is 1. The molecule has 7 nitrogen and oxygen atoms in total. The number of rotatable bonds is 10. The summed E-state index contributed by atoms with van der Waals surface area (Å²) < 4.78 is 16.4. The second-order valence-corrected chi connectivity index (χ2v) is 7.10. The number of ether oxygens (including phenoxy) is 3. The predicted octanol–water partition coefficient (Wildman–Crippen LogP) is 1.66. The van der Waals surface area contributed by atoms with Gasteiger partial charge in [-0.3, -0.25) is 0 Å². The van der Waals surface area contributed by atoms with Crippen LogP contribution in [0, 0.1) is 0 Å². The third-order valence-corrected chi connectivity index (χ3v) is 4.70. The Morgan fingerprint density at radius 3 is 2.79 bits per heavy atom. The van der Waals surface area contributed by atoms with Crippen molar-refractivity contribution >= 4 is 0 Å². The van der Waals surface area contributed by atoms with Gasteiger partial charge in [0.2, 0.25) is 0 Å². The lowest BCUT2D eigenvalue weighted by Gasteiger charge is -2.23. The fourth-order valence-corrected chi connectivity index (χ4v) is 3.19. The van der Waals surface area contributed by atoms with E-state index in [1.807, 2.05) is 42.5 Å². The maximum absolute atomic E-state index is 10.3. The molecule has 2 heterocycles. The Labute approximate surface area is 165 Å². The highest BCUT2D eigenvalue weighted by atomic mass is 16.5. The number of aromatic nitrogens is 1. The number of hydrogen-bond acceptors (Lipinski definition) is 7. The maximum atomic E-state index is 10.3. The van der Waals surface area contributed by atoms with Crippen molar-refractivity contribution in [3.63, 3.8) is 0 Å². The molecule has 0 bridgehead atoms. The molecule has 1 aliphatic heterocycles. The van der Waals surface area contributed by atoms with Crippen LogP contribution in [0.4, 0.5) is 0 Å². The van der Waals surface area contributed by atoms with Crippen molar-refractivity contribution in [2.75, 3.05) is 26.9 Å². The summed E-state index contributed by atoms with van der Waals surface area (Å²) >= 11 is 0. The fraction of sp³-hybridized carbons (Fsp3) is 0.476. The van der Waals surface area contributed by atoms with E-state index in [1.54, 1.807) is 7.11 Å². The highest BCUT2D eigenvalue weighted by Crippen LogP contribution is 2.26. The van der Waals surface area contributed by atoms with Crippen molar-refractivity contribution in [3.05, 3.63) is 53.7 Å². The van der Waals surface area contributed by atoms with Gasteiger partial charge in [-0.1, -0.05) is 30.3 Å². The largest absolute Gasteiger partial charge is 0.483 e. The number of benzene rings is 1. The van der Waals surface area contributed by atoms with E-state index in [2.05, 4.69) is 10.3 Å². The van der Waals surface area contributed by atoms with Crippen molar-refractivity contribution in [2.24, 2.45) is 0 Å². The summed E-state index contributed by atoms with van der Waals surface area (Å²) in [4.78, 5) is 4.46. The molecule has 28 heavy (non-hydrogen) atoms. The van der Waals surface area contributed by atoms with Crippen molar-refractivity contribution in [1.29, 1.82) is 0 Å². The van der Waals surface area contributed by atoms with Crippen LogP contribution in [0.3, 0.4) is 0 Å². The second kappa shape index (κ2) is 9.84. The Bertz CT molecular complexity index is 735. The molecular formula is C21H28N2O5. The molecule has 1 aromatic heterocycles. The number of methoxy groups -OCH3 is 1. The zero-order chi connectivity index (χ0) is 19.8. The van der Waals surface area contributed by atoms with E-state index in [0.29, 0.717) is 50.8 Å². The van der Waals surface area contributed by atoms with Crippen LogP contribution in [0.2, 0.25) is 0 Å². The molecule has 1 aromatic carbocycles. The molecule has 1 saturated heterocycles. The van der Waals surface area contributed by atoms with Crippen molar-refractivity contribution in [1.82, 2.24) is 10.3 Å². The second-order valence-electron chi connectivity index (χ2n) is 7.10. The van der Waals surface area contributed by atoms with Crippen molar-refractivity contribution in [3.8, 4) is 11.6 Å². The Hall–Kier alpha value is -2.19. The van der Waals surface area contributed by atoms with E-state index in [0.717, 1.165) is 11.3 Å². The van der Waals surface area contributed by atoms with Crippen molar-refractivity contribution in [2.45, 2.75) is 37.7 Å². The first-order valence-corrected chi connectivity index (χ1v) is 9.47. The maximum Gasteiger partial charge on any atom is 0.257 e. The summed E-state index contributed by atoms with van der Waals surface area (Å²) in [6, 6.07) is 13.6. The summed E-state index contributed by atoms with van der Waals surface area (Å²) in [5.41, 5.74) is 0.929. The molecule has 2 aromatic rings. The molecule has 0 aliphatic carbocycles. The van der Waals surface area contributed by atoms with Gasteiger partial charge in [0.05, 0.1) is 31.1 Å². The Balaban J connectivity index is 1.47. The van der Waals surface area contributed by atoms with Gasteiger partial charge >= 0.3 is 0 Å². The first-order chi connectivity index (χ1) is 13.6. The SMILES string of the molecule is COc1nc(CNCC(O)CC2(O)CCOC2)ccc1OCc1ccccc1. The van der Waals surface area contributed by atoms with Crippen LogP contribution < -0.4 is 14.8 Å². The van der Waals surface area contributed by atoms with Crippen LogP contribution in [0.1, 0.15) is 24.1 Å². The van der Waals surface area contributed by atoms with Crippen LogP contribution >= 0.6 is 0 Å².